The van der Waals surface area contributed by atoms with E-state index >= 15 is 0 Å². The molecule has 1 aromatic carbocycles. The maximum Gasteiger partial charge on any atom is 0.226 e. The molecule has 0 radical (unpaired) electrons. The number of aromatic nitrogens is 2. The van der Waals surface area contributed by atoms with Gasteiger partial charge in [-0.3, -0.25) is 9.79 Å². The van der Waals surface area contributed by atoms with Gasteiger partial charge in [-0.2, -0.15) is 0 Å². The molecule has 178 valence electrons. The van der Waals surface area contributed by atoms with E-state index in [1.165, 1.54) is 16.0 Å². The number of ether oxygens (including phenoxy) is 1. The second-order valence-electron chi connectivity index (χ2n) is 9.99. The average molecular weight is 478 g/mol. The molecule has 3 aromatic rings. The molecule has 2 aliphatic rings. The first kappa shape index (κ1) is 22.8. The molecule has 0 saturated heterocycles. The maximum absolute atomic E-state index is 13.1. The number of hydrogen-bond acceptors (Lipinski definition) is 7. The summed E-state index contributed by atoms with van der Waals surface area (Å²) in [6.07, 6.45) is 5.96. The lowest BCUT2D eigenvalue weighted by Gasteiger charge is -2.35. The number of hydrogen-bond donors (Lipinski definition) is 1. The van der Waals surface area contributed by atoms with Gasteiger partial charge in [0.05, 0.1) is 24.2 Å². The molecule has 34 heavy (non-hydrogen) atoms. The molecular weight excluding hydrogens is 446 g/mol. The molecule has 8 heteroatoms. The third-order valence-electron chi connectivity index (χ3n) is 6.82. The van der Waals surface area contributed by atoms with E-state index in [9.17, 15) is 4.79 Å². The topological polar surface area (TPSA) is 79.7 Å². The van der Waals surface area contributed by atoms with E-state index in [4.69, 9.17) is 4.74 Å². The predicted octanol–water partition coefficient (Wildman–Crippen LogP) is 5.13. The summed E-state index contributed by atoms with van der Waals surface area (Å²) in [4.78, 5) is 30.8. The summed E-state index contributed by atoms with van der Waals surface area (Å²) in [6, 6.07) is 4.15. The summed E-state index contributed by atoms with van der Waals surface area (Å²) >= 11 is 1.69. The summed E-state index contributed by atoms with van der Waals surface area (Å²) in [5.74, 6) is 1.82. The molecule has 3 heterocycles. The van der Waals surface area contributed by atoms with Crippen LogP contribution in [-0.4, -0.2) is 46.2 Å². The molecule has 0 saturated carbocycles. The fraction of sp³-hybridized carbons (Fsp3) is 0.462. The van der Waals surface area contributed by atoms with Crippen molar-refractivity contribution in [2.24, 2.45) is 10.9 Å². The molecule has 0 spiro atoms. The molecule has 1 aliphatic carbocycles. The van der Waals surface area contributed by atoms with Crippen LogP contribution in [0.4, 0.5) is 11.5 Å². The van der Waals surface area contributed by atoms with E-state index in [0.29, 0.717) is 13.2 Å². The monoisotopic (exact) mass is 477 g/mol. The predicted molar refractivity (Wildman–Crippen MR) is 138 cm³/mol. The number of carbonyl (C=O) groups excluding carboxylic acids is 1. The lowest BCUT2D eigenvalue weighted by molar-refractivity contribution is -0.138. The zero-order chi connectivity index (χ0) is 24.0. The maximum atomic E-state index is 13.1. The fourth-order valence-electron chi connectivity index (χ4n) is 4.66. The summed E-state index contributed by atoms with van der Waals surface area (Å²) in [7, 11) is 1.91. The number of rotatable bonds is 5. The third kappa shape index (κ3) is 4.04. The van der Waals surface area contributed by atoms with Gasteiger partial charge in [-0.1, -0.05) is 0 Å². The SMILES string of the molecule is CCOc1cc2c(cc1Nc1ncnc3sc4c(c13)CCC(C(=O)N(C)C(C)(C)C)C4)C=NC2. The minimum absolute atomic E-state index is 0.00899. The van der Waals surface area contributed by atoms with Crippen molar-refractivity contribution in [2.75, 3.05) is 19.0 Å². The smallest absolute Gasteiger partial charge is 0.226 e. The van der Waals surface area contributed by atoms with Crippen molar-refractivity contribution in [2.45, 2.75) is 59.0 Å². The van der Waals surface area contributed by atoms with Crippen molar-refractivity contribution in [1.82, 2.24) is 14.9 Å². The van der Waals surface area contributed by atoms with Crippen LogP contribution in [0.25, 0.3) is 10.2 Å². The minimum atomic E-state index is -0.182. The van der Waals surface area contributed by atoms with Crippen LogP contribution in [0.3, 0.4) is 0 Å². The molecule has 1 atom stereocenters. The Labute approximate surface area is 204 Å². The number of fused-ring (bicyclic) bond motifs is 4. The highest BCUT2D eigenvalue weighted by molar-refractivity contribution is 7.19. The van der Waals surface area contributed by atoms with Gasteiger partial charge in [0.2, 0.25) is 5.91 Å². The molecule has 0 bridgehead atoms. The number of benzene rings is 1. The summed E-state index contributed by atoms with van der Waals surface area (Å²) in [5.41, 5.74) is 4.24. The molecule has 0 fully saturated rings. The summed E-state index contributed by atoms with van der Waals surface area (Å²) in [6.45, 7) is 9.49. The van der Waals surface area contributed by atoms with Gasteiger partial charge in [0.15, 0.2) is 0 Å². The van der Waals surface area contributed by atoms with Crippen molar-refractivity contribution >= 4 is 45.2 Å². The van der Waals surface area contributed by atoms with E-state index < -0.39 is 0 Å². The highest BCUT2D eigenvalue weighted by atomic mass is 32.1. The van der Waals surface area contributed by atoms with Crippen LogP contribution in [-0.2, 0) is 24.2 Å². The van der Waals surface area contributed by atoms with Crippen molar-refractivity contribution < 1.29 is 9.53 Å². The molecular formula is C26H31N5O2S. The first-order chi connectivity index (χ1) is 16.3. The zero-order valence-electron chi connectivity index (χ0n) is 20.4. The van der Waals surface area contributed by atoms with E-state index in [-0.39, 0.29) is 17.4 Å². The lowest BCUT2D eigenvalue weighted by atomic mass is 9.86. The van der Waals surface area contributed by atoms with Gasteiger partial charge >= 0.3 is 0 Å². The van der Waals surface area contributed by atoms with Gasteiger partial charge in [-0.15, -0.1) is 11.3 Å². The second-order valence-corrected chi connectivity index (χ2v) is 11.1. The Bertz CT molecular complexity index is 1290. The Balaban J connectivity index is 1.48. The van der Waals surface area contributed by atoms with Crippen LogP contribution in [0.2, 0.25) is 0 Å². The van der Waals surface area contributed by atoms with Crippen molar-refractivity contribution in [3.8, 4) is 5.75 Å². The third-order valence-corrected chi connectivity index (χ3v) is 7.98. The van der Waals surface area contributed by atoms with E-state index in [2.05, 4.69) is 53.2 Å². The molecule has 1 unspecified atom stereocenters. The number of aryl methyl sites for hydroxylation is 1. The highest BCUT2D eigenvalue weighted by Gasteiger charge is 2.33. The second kappa shape index (κ2) is 8.65. The number of carbonyl (C=O) groups is 1. The molecule has 1 aliphatic heterocycles. The van der Waals surface area contributed by atoms with Crippen LogP contribution in [0.15, 0.2) is 23.5 Å². The summed E-state index contributed by atoms with van der Waals surface area (Å²) < 4.78 is 5.93. The number of nitrogens with one attached hydrogen (secondary N) is 1. The molecule has 1 N–H and O–H groups in total. The normalized spacial score (nSPS) is 16.9. The molecule has 2 aromatic heterocycles. The van der Waals surface area contributed by atoms with Gasteiger partial charge in [-0.05, 0) is 75.8 Å². The average Bonchev–Trinajstić information content (AvgIpc) is 3.41. The zero-order valence-corrected chi connectivity index (χ0v) is 21.3. The van der Waals surface area contributed by atoms with Crippen LogP contribution in [0, 0.1) is 5.92 Å². The van der Waals surface area contributed by atoms with Crippen LogP contribution in [0.5, 0.6) is 5.75 Å². The number of aliphatic imine (C=N–C) groups is 1. The number of anilines is 2. The van der Waals surface area contributed by atoms with Crippen molar-refractivity contribution in [3.63, 3.8) is 0 Å². The Morgan fingerprint density at radius 3 is 2.88 bits per heavy atom. The molecule has 1 amide bonds. The summed E-state index contributed by atoms with van der Waals surface area (Å²) in [5, 5.41) is 4.60. The van der Waals surface area contributed by atoms with Gasteiger partial charge in [-0.25, -0.2) is 9.97 Å². The molecule has 5 rings (SSSR count). The van der Waals surface area contributed by atoms with Gasteiger partial charge in [0, 0.05) is 29.6 Å². The Hall–Kier alpha value is -3.00. The Kier molecular flexibility index (Phi) is 5.80. The fourth-order valence-corrected chi connectivity index (χ4v) is 5.93. The van der Waals surface area contributed by atoms with Crippen LogP contribution in [0.1, 0.15) is 55.7 Å². The lowest BCUT2D eigenvalue weighted by Crippen LogP contribution is -2.46. The first-order valence-corrected chi connectivity index (χ1v) is 12.7. The Morgan fingerprint density at radius 1 is 1.29 bits per heavy atom. The van der Waals surface area contributed by atoms with Gasteiger partial charge in [0.1, 0.15) is 22.7 Å². The van der Waals surface area contributed by atoms with Crippen LogP contribution < -0.4 is 10.1 Å². The minimum Gasteiger partial charge on any atom is -0.492 e. The van der Waals surface area contributed by atoms with E-state index in [1.54, 1.807) is 17.7 Å². The number of amides is 1. The number of thiophene rings is 1. The molecule has 7 nitrogen and oxygen atoms in total. The van der Waals surface area contributed by atoms with Crippen LogP contribution >= 0.6 is 11.3 Å². The largest absolute Gasteiger partial charge is 0.492 e. The standard InChI is InChI=1S/C26H31N5O2S/c1-6-33-20-10-17-13-27-12-16(17)9-19(20)30-23-22-18-8-7-15(25(32)31(5)26(2,3)4)11-21(18)34-24(22)29-14-28-23/h9-10,12,14-15H,6-8,11,13H2,1-5H3,(H,28,29,30). The Morgan fingerprint density at radius 2 is 2.12 bits per heavy atom. The van der Waals surface area contributed by atoms with E-state index in [1.807, 2.05) is 25.1 Å². The number of nitrogens with zero attached hydrogens (tertiary/aromatic N) is 4. The first-order valence-electron chi connectivity index (χ1n) is 11.9. The van der Waals surface area contributed by atoms with Gasteiger partial charge < -0.3 is 15.0 Å². The van der Waals surface area contributed by atoms with Crippen molar-refractivity contribution in [1.29, 1.82) is 0 Å². The highest BCUT2D eigenvalue weighted by Crippen LogP contribution is 2.42. The quantitative estimate of drug-likeness (QED) is 0.551. The van der Waals surface area contributed by atoms with Crippen molar-refractivity contribution in [3.05, 3.63) is 40.0 Å². The van der Waals surface area contributed by atoms with E-state index in [0.717, 1.165) is 52.3 Å². The van der Waals surface area contributed by atoms with Gasteiger partial charge in [0.25, 0.3) is 0 Å².